The Morgan fingerprint density at radius 2 is 1.80 bits per heavy atom. The number of halogens is 1. The molecule has 0 saturated carbocycles. The summed E-state index contributed by atoms with van der Waals surface area (Å²) in [5.41, 5.74) is 4.08. The SMILES string of the molecule is Cc1cc(-c2noc(-c3c(F)ccc(C)c3C)n2)cc(C(=O)O)c1C. The molecule has 0 aliphatic rings. The average molecular weight is 340 g/mol. The number of aryl methyl sites for hydroxylation is 2. The van der Waals surface area contributed by atoms with Gasteiger partial charge in [0.05, 0.1) is 11.1 Å². The van der Waals surface area contributed by atoms with Crippen molar-refractivity contribution in [1.82, 2.24) is 10.1 Å². The Bertz CT molecular complexity index is 993. The normalized spacial score (nSPS) is 10.9. The van der Waals surface area contributed by atoms with E-state index in [0.717, 1.165) is 16.7 Å². The predicted octanol–water partition coefficient (Wildman–Crippen LogP) is 4.47. The average Bonchev–Trinajstić information content (AvgIpc) is 3.03. The minimum absolute atomic E-state index is 0.0730. The van der Waals surface area contributed by atoms with Crippen molar-refractivity contribution < 1.29 is 18.8 Å². The Labute approximate surface area is 144 Å². The third kappa shape index (κ3) is 2.91. The summed E-state index contributed by atoms with van der Waals surface area (Å²) in [5, 5.41) is 13.2. The number of hydrogen-bond donors (Lipinski definition) is 1. The number of aromatic carboxylic acids is 1. The van der Waals surface area contributed by atoms with Gasteiger partial charge in [0, 0.05) is 5.56 Å². The quantitative estimate of drug-likeness (QED) is 0.761. The van der Waals surface area contributed by atoms with Crippen LogP contribution in [0.1, 0.15) is 32.6 Å². The van der Waals surface area contributed by atoms with Crippen molar-refractivity contribution in [3.63, 3.8) is 0 Å². The first-order chi connectivity index (χ1) is 11.8. The summed E-state index contributed by atoms with van der Waals surface area (Å²) in [6.45, 7) is 7.22. The molecule has 25 heavy (non-hydrogen) atoms. The minimum atomic E-state index is -1.02. The van der Waals surface area contributed by atoms with Crippen LogP contribution in [0.25, 0.3) is 22.8 Å². The van der Waals surface area contributed by atoms with E-state index in [4.69, 9.17) is 4.52 Å². The molecule has 0 radical (unpaired) electrons. The van der Waals surface area contributed by atoms with Crippen LogP contribution in [0.5, 0.6) is 0 Å². The molecule has 128 valence electrons. The Balaban J connectivity index is 2.12. The summed E-state index contributed by atoms with van der Waals surface area (Å²) in [5.74, 6) is -1.17. The molecule has 0 amide bonds. The number of carboxylic acid groups (broad SMARTS) is 1. The van der Waals surface area contributed by atoms with Crippen LogP contribution in [-0.2, 0) is 0 Å². The van der Waals surface area contributed by atoms with E-state index in [1.165, 1.54) is 12.1 Å². The second-order valence-electron chi connectivity index (χ2n) is 6.06. The molecular weight excluding hydrogens is 323 g/mol. The maximum absolute atomic E-state index is 14.2. The maximum atomic E-state index is 14.2. The van der Waals surface area contributed by atoms with E-state index in [1.807, 2.05) is 13.8 Å². The maximum Gasteiger partial charge on any atom is 0.335 e. The number of carbonyl (C=O) groups is 1. The van der Waals surface area contributed by atoms with Crippen LogP contribution < -0.4 is 0 Å². The monoisotopic (exact) mass is 340 g/mol. The van der Waals surface area contributed by atoms with Gasteiger partial charge in [-0.3, -0.25) is 0 Å². The molecule has 1 heterocycles. The van der Waals surface area contributed by atoms with Gasteiger partial charge in [-0.15, -0.1) is 0 Å². The summed E-state index contributed by atoms with van der Waals surface area (Å²) in [7, 11) is 0. The van der Waals surface area contributed by atoms with Crippen molar-refractivity contribution in [3.8, 4) is 22.8 Å². The van der Waals surface area contributed by atoms with Gasteiger partial charge in [0.2, 0.25) is 5.82 Å². The highest BCUT2D eigenvalue weighted by molar-refractivity contribution is 5.91. The number of nitrogens with zero attached hydrogens (tertiary/aromatic N) is 2. The largest absolute Gasteiger partial charge is 0.478 e. The molecule has 1 N–H and O–H groups in total. The number of aromatic nitrogens is 2. The highest BCUT2D eigenvalue weighted by Gasteiger charge is 2.19. The van der Waals surface area contributed by atoms with Crippen LogP contribution in [0.3, 0.4) is 0 Å². The van der Waals surface area contributed by atoms with Crippen molar-refractivity contribution in [1.29, 1.82) is 0 Å². The van der Waals surface area contributed by atoms with Gasteiger partial charge in [-0.2, -0.15) is 4.98 Å². The standard InChI is InChI=1S/C19H17FN2O3/c1-9-5-6-15(20)16(12(9)4)18-21-17(22-25-18)13-7-10(2)11(3)14(8-13)19(23)24/h5-8H,1-4H3,(H,23,24). The van der Waals surface area contributed by atoms with Gasteiger partial charge in [-0.1, -0.05) is 11.2 Å². The lowest BCUT2D eigenvalue weighted by Gasteiger charge is -2.07. The molecule has 0 atom stereocenters. The molecule has 6 heteroatoms. The summed E-state index contributed by atoms with van der Waals surface area (Å²) in [4.78, 5) is 15.7. The zero-order valence-electron chi connectivity index (χ0n) is 14.3. The molecule has 1 aromatic heterocycles. The number of carboxylic acids is 1. The van der Waals surface area contributed by atoms with E-state index in [2.05, 4.69) is 10.1 Å². The van der Waals surface area contributed by atoms with Crippen molar-refractivity contribution in [3.05, 3.63) is 57.9 Å². The predicted molar refractivity (Wildman–Crippen MR) is 91.0 cm³/mol. The second-order valence-corrected chi connectivity index (χ2v) is 6.06. The molecule has 0 aliphatic heterocycles. The molecular formula is C19H17FN2O3. The van der Waals surface area contributed by atoms with E-state index in [-0.39, 0.29) is 22.8 Å². The van der Waals surface area contributed by atoms with Crippen LogP contribution in [0.15, 0.2) is 28.8 Å². The van der Waals surface area contributed by atoms with Crippen LogP contribution in [0, 0.1) is 33.5 Å². The molecule has 3 rings (SSSR count). The fraction of sp³-hybridized carbons (Fsp3) is 0.211. The van der Waals surface area contributed by atoms with Gasteiger partial charge < -0.3 is 9.63 Å². The Hall–Kier alpha value is -3.02. The first kappa shape index (κ1) is 16.8. The lowest BCUT2D eigenvalue weighted by Crippen LogP contribution is -2.02. The van der Waals surface area contributed by atoms with Crippen LogP contribution in [0.2, 0.25) is 0 Å². The van der Waals surface area contributed by atoms with Gasteiger partial charge in [-0.05, 0) is 68.1 Å². The highest BCUT2D eigenvalue weighted by Crippen LogP contribution is 2.30. The van der Waals surface area contributed by atoms with Gasteiger partial charge >= 0.3 is 5.97 Å². The fourth-order valence-electron chi connectivity index (χ4n) is 2.70. The molecule has 0 fully saturated rings. The van der Waals surface area contributed by atoms with Crippen molar-refractivity contribution in [2.45, 2.75) is 27.7 Å². The van der Waals surface area contributed by atoms with Crippen LogP contribution >= 0.6 is 0 Å². The number of hydrogen-bond acceptors (Lipinski definition) is 4. The topological polar surface area (TPSA) is 76.2 Å². The molecule has 2 aromatic carbocycles. The molecule has 5 nitrogen and oxygen atoms in total. The first-order valence-electron chi connectivity index (χ1n) is 7.74. The van der Waals surface area contributed by atoms with Crippen molar-refractivity contribution in [2.24, 2.45) is 0 Å². The third-order valence-electron chi connectivity index (χ3n) is 4.48. The van der Waals surface area contributed by atoms with E-state index in [1.54, 1.807) is 26.0 Å². The molecule has 0 aliphatic carbocycles. The molecule has 3 aromatic rings. The zero-order chi connectivity index (χ0) is 18.3. The summed E-state index contributed by atoms with van der Waals surface area (Å²) < 4.78 is 19.5. The van der Waals surface area contributed by atoms with Crippen molar-refractivity contribution in [2.75, 3.05) is 0 Å². The third-order valence-corrected chi connectivity index (χ3v) is 4.48. The summed E-state index contributed by atoms with van der Waals surface area (Å²) >= 11 is 0. The molecule has 0 spiro atoms. The van der Waals surface area contributed by atoms with Crippen LogP contribution in [-0.4, -0.2) is 21.2 Å². The van der Waals surface area contributed by atoms with Gasteiger partial charge in [0.1, 0.15) is 5.82 Å². The lowest BCUT2D eigenvalue weighted by atomic mass is 9.99. The Morgan fingerprint density at radius 1 is 1.08 bits per heavy atom. The van der Waals surface area contributed by atoms with E-state index in [9.17, 15) is 14.3 Å². The minimum Gasteiger partial charge on any atom is -0.478 e. The van der Waals surface area contributed by atoms with E-state index in [0.29, 0.717) is 11.1 Å². The Kier molecular flexibility index (Phi) is 4.12. The molecule has 0 saturated heterocycles. The lowest BCUT2D eigenvalue weighted by molar-refractivity contribution is 0.0696. The smallest absolute Gasteiger partial charge is 0.335 e. The van der Waals surface area contributed by atoms with Crippen LogP contribution in [0.4, 0.5) is 4.39 Å². The van der Waals surface area contributed by atoms with Gasteiger partial charge in [0.15, 0.2) is 0 Å². The summed E-state index contributed by atoms with van der Waals surface area (Å²) in [6.07, 6.45) is 0. The Morgan fingerprint density at radius 3 is 2.48 bits per heavy atom. The summed E-state index contributed by atoms with van der Waals surface area (Å²) in [6, 6.07) is 6.34. The second kappa shape index (κ2) is 6.12. The fourth-order valence-corrected chi connectivity index (χ4v) is 2.70. The van der Waals surface area contributed by atoms with Gasteiger partial charge in [0.25, 0.3) is 5.89 Å². The van der Waals surface area contributed by atoms with E-state index >= 15 is 0 Å². The van der Waals surface area contributed by atoms with E-state index < -0.39 is 11.8 Å². The zero-order valence-corrected chi connectivity index (χ0v) is 14.3. The number of rotatable bonds is 3. The first-order valence-corrected chi connectivity index (χ1v) is 7.74. The van der Waals surface area contributed by atoms with Gasteiger partial charge in [-0.25, -0.2) is 9.18 Å². The molecule has 0 bridgehead atoms. The highest BCUT2D eigenvalue weighted by atomic mass is 19.1. The van der Waals surface area contributed by atoms with Crippen molar-refractivity contribution >= 4 is 5.97 Å². The number of benzene rings is 2. The molecule has 0 unspecified atom stereocenters.